The second kappa shape index (κ2) is 19.8. The number of carbonyl (C=O) groups excluding carboxylic acids is 5. The summed E-state index contributed by atoms with van der Waals surface area (Å²) in [6.45, 7) is 8.12. The summed E-state index contributed by atoms with van der Waals surface area (Å²) in [4.78, 5) is 96.1. The third kappa shape index (κ3) is 12.9. The van der Waals surface area contributed by atoms with Gasteiger partial charge < -0.3 is 38.9 Å². The summed E-state index contributed by atoms with van der Waals surface area (Å²) >= 11 is 2.06. The van der Waals surface area contributed by atoms with Gasteiger partial charge in [-0.15, -0.1) is 0 Å². The van der Waals surface area contributed by atoms with Crippen molar-refractivity contribution in [1.82, 2.24) is 29.5 Å². The summed E-state index contributed by atoms with van der Waals surface area (Å²) in [5.74, 6) is -1.69. The number of aryl methyl sites for hydroxylation is 1. The number of esters is 5. The number of rotatable bonds is 8. The molecule has 4 aromatic rings. The first-order valence-corrected chi connectivity index (χ1v) is 17.7. The molecule has 3 N–H and O–H groups in total. The number of nitrogens with two attached hydrogens (primary N) is 1. The third-order valence-electron chi connectivity index (χ3n) is 7.06. The van der Waals surface area contributed by atoms with Crippen LogP contribution in [-0.4, -0.2) is 103 Å². The van der Waals surface area contributed by atoms with E-state index < -0.39 is 66.8 Å². The van der Waals surface area contributed by atoms with E-state index in [0.29, 0.717) is 34.7 Å². The number of aromatic nitrogens is 6. The molecule has 4 aromatic heterocycles. The van der Waals surface area contributed by atoms with Gasteiger partial charge in [-0.2, -0.15) is 4.98 Å². The lowest BCUT2D eigenvalue weighted by Crippen LogP contribution is -2.30. The fourth-order valence-corrected chi connectivity index (χ4v) is 6.57. The van der Waals surface area contributed by atoms with Crippen LogP contribution >= 0.6 is 22.7 Å². The Morgan fingerprint density at radius 3 is 1.96 bits per heavy atom. The number of fused-ring (bicyclic) bond motifs is 2. The Labute approximate surface area is 320 Å². The van der Waals surface area contributed by atoms with Crippen LogP contribution in [0.4, 0.5) is 5.95 Å². The van der Waals surface area contributed by atoms with Crippen molar-refractivity contribution in [3.8, 4) is 0 Å². The molecule has 55 heavy (non-hydrogen) atoms. The van der Waals surface area contributed by atoms with Gasteiger partial charge in [0, 0.05) is 47.5 Å². The zero-order chi connectivity index (χ0) is 39.7. The summed E-state index contributed by atoms with van der Waals surface area (Å²) in [5.41, 5.74) is 6.23. The molecule has 0 saturated carbocycles. The van der Waals surface area contributed by atoms with Crippen LogP contribution in [-0.2, 0) is 57.1 Å². The van der Waals surface area contributed by atoms with E-state index >= 15 is 0 Å². The molecular weight excluding hydrogens is 771 g/mol. The summed E-state index contributed by atoms with van der Waals surface area (Å²) in [6, 6.07) is 0. The third-order valence-corrected chi connectivity index (χ3v) is 8.75. The molecule has 0 radical (unpaired) electrons. The molecule has 2 fully saturated rings. The highest BCUT2D eigenvalue weighted by Crippen LogP contribution is 2.33. The van der Waals surface area contributed by atoms with Gasteiger partial charge in [-0.05, 0) is 6.92 Å². The predicted octanol–water partition coefficient (Wildman–Crippen LogP) is 1.70. The number of nitrogens with one attached hydrogen (secondary N) is 1. The van der Waals surface area contributed by atoms with Gasteiger partial charge in [-0.25, -0.2) is 15.0 Å². The van der Waals surface area contributed by atoms with Crippen molar-refractivity contribution < 1.29 is 57.1 Å². The fraction of sp³-hybridized carbons (Fsp3) is 0.531. The smallest absolute Gasteiger partial charge is 0.311 e. The number of aromatic amines is 1. The van der Waals surface area contributed by atoms with Crippen LogP contribution in [0.15, 0.2) is 22.0 Å². The average molecular weight is 812 g/mol. The van der Waals surface area contributed by atoms with E-state index in [1.54, 1.807) is 13.1 Å². The van der Waals surface area contributed by atoms with Crippen LogP contribution in [0.25, 0.3) is 20.7 Å². The van der Waals surface area contributed by atoms with Crippen LogP contribution < -0.4 is 15.5 Å². The molecule has 3 unspecified atom stereocenters. The number of carbonyl (C=O) groups is 5. The molecule has 300 valence electrons. The van der Waals surface area contributed by atoms with Gasteiger partial charge in [0.2, 0.25) is 12.2 Å². The second-order valence-corrected chi connectivity index (χ2v) is 13.6. The normalized spacial score (nSPS) is 21.2. The van der Waals surface area contributed by atoms with E-state index in [1.807, 2.05) is 0 Å². The number of thiazole rings is 2. The fourth-order valence-electron chi connectivity index (χ4n) is 5.10. The molecule has 6 atom stereocenters. The number of anilines is 1. The van der Waals surface area contributed by atoms with Crippen molar-refractivity contribution in [2.45, 2.75) is 98.7 Å². The molecule has 2 aliphatic heterocycles. The molecule has 6 rings (SSSR count). The number of hydrogen-bond acceptors (Lipinski definition) is 21. The molecular formula is C32H41N7O14S2. The van der Waals surface area contributed by atoms with Gasteiger partial charge in [0.15, 0.2) is 23.6 Å². The second-order valence-electron chi connectivity index (χ2n) is 11.6. The van der Waals surface area contributed by atoms with E-state index in [-0.39, 0.29) is 36.3 Å². The van der Waals surface area contributed by atoms with Crippen molar-refractivity contribution >= 4 is 79.2 Å². The van der Waals surface area contributed by atoms with E-state index in [9.17, 15) is 33.6 Å². The Bertz CT molecular complexity index is 2090. The lowest BCUT2D eigenvalue weighted by Gasteiger charge is -2.19. The first kappa shape index (κ1) is 44.0. The van der Waals surface area contributed by atoms with E-state index in [4.69, 9.17) is 38.9 Å². The largest absolute Gasteiger partial charge is 0.463 e. The first-order valence-electron chi connectivity index (χ1n) is 16.0. The highest BCUT2D eigenvalue weighted by atomic mass is 32.1. The van der Waals surface area contributed by atoms with Gasteiger partial charge in [-0.3, -0.25) is 43.1 Å². The first-order chi connectivity index (χ1) is 25.5. The van der Waals surface area contributed by atoms with E-state index in [2.05, 4.69) is 24.9 Å². The standard InChI is InChI=1S/C15H17N3O6S.C11H16O7.C5H4N4OS.CH4/c1-7-16-5-12-13(17-7)18(15(21)25-12)14-11(23-9(3)20)4-10(24-14)6-22-8(2)19;1-6(12)15-5-9-4-10(16-7(2)13)11(18-9)17-8(3)14;6-4-7-1-2-3(8-4)9-5(10)11-2;/h5,10-11,14H,4,6H2,1-3H3;9-11H,4-5H2,1-3H3;1H,(H3,6,7,8,9,10);1H4/t10-,11+,14+;;;/m0.../s1. The van der Waals surface area contributed by atoms with Crippen LogP contribution in [0.5, 0.6) is 0 Å². The summed E-state index contributed by atoms with van der Waals surface area (Å²) in [5, 5.41) is 0. The van der Waals surface area contributed by atoms with Crippen LogP contribution in [0.2, 0.25) is 0 Å². The molecule has 0 amide bonds. The van der Waals surface area contributed by atoms with Crippen molar-refractivity contribution in [1.29, 1.82) is 0 Å². The minimum Gasteiger partial charge on any atom is -0.463 e. The number of nitrogens with zero attached hydrogens (tertiary/aromatic N) is 5. The molecule has 6 heterocycles. The zero-order valence-corrected chi connectivity index (χ0v) is 31.4. The summed E-state index contributed by atoms with van der Waals surface area (Å²) in [6.07, 6.45) is -0.351. The SMILES string of the molecule is C.CC(=O)OCC1CC(OC(C)=O)C(OC(C)=O)O1.CC(=O)OC[C@@H]1C[C@@H](OC(C)=O)[C@H](n2c(=O)sc3cnc(C)nc32)O1.Nc1ncc2sc(=O)[nH]c2n1. The monoisotopic (exact) mass is 811 g/mol. The Morgan fingerprint density at radius 2 is 1.36 bits per heavy atom. The highest BCUT2D eigenvalue weighted by molar-refractivity contribution is 7.16. The Balaban J connectivity index is 0.000000236. The van der Waals surface area contributed by atoms with Crippen molar-refractivity contribution in [3.63, 3.8) is 0 Å². The minimum atomic E-state index is -0.952. The molecule has 23 heteroatoms. The van der Waals surface area contributed by atoms with Crippen LogP contribution in [0.3, 0.4) is 0 Å². The molecule has 21 nitrogen and oxygen atoms in total. The van der Waals surface area contributed by atoms with Crippen molar-refractivity contribution in [2.75, 3.05) is 18.9 Å². The molecule has 2 aliphatic rings. The average Bonchev–Trinajstić information content (AvgIpc) is 3.82. The predicted molar refractivity (Wildman–Crippen MR) is 194 cm³/mol. The topological polar surface area (TPSA) is 282 Å². The Kier molecular flexibility index (Phi) is 15.8. The number of H-pyrrole nitrogens is 1. The van der Waals surface area contributed by atoms with Gasteiger partial charge in [0.25, 0.3) is 0 Å². The quantitative estimate of drug-likeness (QED) is 0.189. The van der Waals surface area contributed by atoms with Gasteiger partial charge in [-0.1, -0.05) is 30.1 Å². The maximum atomic E-state index is 12.4. The van der Waals surface area contributed by atoms with Gasteiger partial charge in [0.1, 0.15) is 25.1 Å². The molecule has 0 bridgehead atoms. The molecule has 0 spiro atoms. The van der Waals surface area contributed by atoms with Gasteiger partial charge in [0.05, 0.1) is 34.0 Å². The van der Waals surface area contributed by atoms with E-state index in [1.165, 1.54) is 45.4 Å². The maximum Gasteiger partial charge on any atom is 0.311 e. The Hall–Kier alpha value is -5.39. The highest BCUT2D eigenvalue weighted by Gasteiger charge is 2.42. The van der Waals surface area contributed by atoms with Crippen LogP contribution in [0.1, 0.15) is 66.9 Å². The van der Waals surface area contributed by atoms with Crippen molar-refractivity contribution in [2.24, 2.45) is 0 Å². The van der Waals surface area contributed by atoms with Crippen LogP contribution in [0, 0.1) is 6.92 Å². The molecule has 2 saturated heterocycles. The number of nitrogen functional groups attached to an aromatic ring is 1. The number of ether oxygens (including phenoxy) is 7. The lowest BCUT2D eigenvalue weighted by atomic mass is 10.2. The zero-order valence-electron chi connectivity index (χ0n) is 29.8. The van der Waals surface area contributed by atoms with Gasteiger partial charge >= 0.3 is 39.6 Å². The van der Waals surface area contributed by atoms with Crippen molar-refractivity contribution in [3.05, 3.63) is 37.6 Å². The molecule has 0 aromatic carbocycles. The van der Waals surface area contributed by atoms with E-state index in [0.717, 1.165) is 27.4 Å². The lowest BCUT2D eigenvalue weighted by molar-refractivity contribution is -0.196. The summed E-state index contributed by atoms with van der Waals surface area (Å²) < 4.78 is 38.8. The summed E-state index contributed by atoms with van der Waals surface area (Å²) in [7, 11) is 0. The maximum absolute atomic E-state index is 12.4. The number of hydrogen-bond donors (Lipinski definition) is 2. The Morgan fingerprint density at radius 1 is 0.800 bits per heavy atom. The molecule has 0 aliphatic carbocycles. The minimum absolute atomic E-state index is 0.